The number of ether oxygens (including phenoxy) is 1. The molecule has 8 nitrogen and oxygen atoms in total. The van der Waals surface area contributed by atoms with Crippen LogP contribution < -0.4 is 5.32 Å². The van der Waals surface area contributed by atoms with Gasteiger partial charge in [0.05, 0.1) is 15.5 Å². The fraction of sp³-hybridized carbons (Fsp3) is 0.133. The average Bonchev–Trinajstić information content (AvgIpc) is 2.57. The number of nitrogens with one attached hydrogen (secondary N) is 1. The van der Waals surface area contributed by atoms with Crippen LogP contribution in [0.15, 0.2) is 36.5 Å². The van der Waals surface area contributed by atoms with Crippen LogP contribution in [0.4, 0.5) is 11.4 Å². The predicted molar refractivity (Wildman–Crippen MR) is 90.9 cm³/mol. The lowest BCUT2D eigenvalue weighted by Gasteiger charge is -2.13. The second-order valence-corrected chi connectivity index (χ2v) is 5.57. The Morgan fingerprint density at radius 3 is 2.64 bits per heavy atom. The maximum absolute atomic E-state index is 12.1. The van der Waals surface area contributed by atoms with Crippen molar-refractivity contribution < 1.29 is 19.2 Å². The number of nitro benzene ring substituents is 1. The summed E-state index contributed by atoms with van der Waals surface area (Å²) in [5.41, 5.74) is -0.264. The fourth-order valence-electron chi connectivity index (χ4n) is 1.79. The molecule has 1 heterocycles. The standard InChI is InChI=1S/C15H11Cl2N3O5/c1-8(25-15(22)9-6-10(16)13(17)18-7-9)14(21)19-11-4-2-3-5-12(11)20(23)24/h2-8H,1H3,(H,19,21)/t8-/m1/s1. The van der Waals surface area contributed by atoms with Gasteiger partial charge in [-0.25, -0.2) is 9.78 Å². The first kappa shape index (κ1) is 18.6. The number of pyridine rings is 1. The van der Waals surface area contributed by atoms with E-state index in [1.54, 1.807) is 0 Å². The van der Waals surface area contributed by atoms with E-state index in [4.69, 9.17) is 27.9 Å². The molecule has 1 N–H and O–H groups in total. The molecule has 1 aromatic heterocycles. The number of rotatable bonds is 5. The number of esters is 1. The lowest BCUT2D eigenvalue weighted by molar-refractivity contribution is -0.383. The monoisotopic (exact) mass is 383 g/mol. The van der Waals surface area contributed by atoms with Gasteiger partial charge in [-0.2, -0.15) is 0 Å². The molecule has 1 aromatic carbocycles. The number of nitro groups is 1. The number of benzene rings is 1. The molecule has 2 rings (SSSR count). The summed E-state index contributed by atoms with van der Waals surface area (Å²) >= 11 is 11.4. The van der Waals surface area contributed by atoms with Crippen LogP contribution >= 0.6 is 23.2 Å². The number of para-hydroxylation sites is 2. The lowest BCUT2D eigenvalue weighted by atomic mass is 10.2. The Morgan fingerprint density at radius 1 is 1.32 bits per heavy atom. The minimum Gasteiger partial charge on any atom is -0.449 e. The Hall–Kier alpha value is -2.71. The molecule has 0 aliphatic heterocycles. The summed E-state index contributed by atoms with van der Waals surface area (Å²) < 4.78 is 5.00. The molecule has 2 aromatic rings. The zero-order valence-corrected chi connectivity index (χ0v) is 14.2. The van der Waals surface area contributed by atoms with Crippen LogP contribution in [0.2, 0.25) is 10.2 Å². The van der Waals surface area contributed by atoms with E-state index in [-0.39, 0.29) is 27.1 Å². The van der Waals surface area contributed by atoms with Gasteiger partial charge in [-0.1, -0.05) is 35.3 Å². The number of carbonyl (C=O) groups is 2. The van der Waals surface area contributed by atoms with Crippen molar-refractivity contribution >= 4 is 46.5 Å². The molecule has 0 saturated heterocycles. The highest BCUT2D eigenvalue weighted by molar-refractivity contribution is 6.41. The minimum atomic E-state index is -1.21. The molecule has 0 saturated carbocycles. The Morgan fingerprint density at radius 2 is 2.00 bits per heavy atom. The zero-order chi connectivity index (χ0) is 18.6. The number of carbonyl (C=O) groups excluding carboxylic acids is 2. The molecule has 10 heteroatoms. The van der Waals surface area contributed by atoms with Crippen molar-refractivity contribution in [3.8, 4) is 0 Å². The number of amides is 1. The minimum absolute atomic E-state index is 0.00315. The summed E-state index contributed by atoms with van der Waals surface area (Å²) in [6.07, 6.45) is -0.0507. The summed E-state index contributed by atoms with van der Waals surface area (Å²) in [7, 11) is 0. The summed E-state index contributed by atoms with van der Waals surface area (Å²) in [4.78, 5) is 38.1. The average molecular weight is 384 g/mol. The molecule has 0 radical (unpaired) electrons. The highest BCUT2D eigenvalue weighted by atomic mass is 35.5. The third-order valence-electron chi connectivity index (χ3n) is 3.04. The molecule has 130 valence electrons. The maximum Gasteiger partial charge on any atom is 0.340 e. The molecule has 1 amide bonds. The molecule has 25 heavy (non-hydrogen) atoms. The third-order valence-corrected chi connectivity index (χ3v) is 3.73. The second-order valence-electron chi connectivity index (χ2n) is 4.81. The molecule has 0 aliphatic carbocycles. The van der Waals surface area contributed by atoms with Gasteiger partial charge in [0.25, 0.3) is 11.6 Å². The Bertz CT molecular complexity index is 844. The van der Waals surface area contributed by atoms with Gasteiger partial charge in [-0.3, -0.25) is 14.9 Å². The molecule has 0 bridgehead atoms. The third kappa shape index (κ3) is 4.65. The van der Waals surface area contributed by atoms with E-state index in [0.717, 1.165) is 6.20 Å². The lowest BCUT2D eigenvalue weighted by Crippen LogP contribution is -2.30. The first-order chi connectivity index (χ1) is 11.8. The second kappa shape index (κ2) is 7.91. The molecule has 0 fully saturated rings. The van der Waals surface area contributed by atoms with E-state index in [0.29, 0.717) is 0 Å². The highest BCUT2D eigenvalue weighted by Crippen LogP contribution is 2.24. The van der Waals surface area contributed by atoms with Crippen molar-refractivity contribution in [1.82, 2.24) is 4.98 Å². The van der Waals surface area contributed by atoms with Crippen LogP contribution in [0.5, 0.6) is 0 Å². The van der Waals surface area contributed by atoms with Gasteiger partial charge in [0, 0.05) is 12.3 Å². The largest absolute Gasteiger partial charge is 0.449 e. The van der Waals surface area contributed by atoms with Gasteiger partial charge in [-0.05, 0) is 19.1 Å². The number of halogens is 2. The predicted octanol–water partition coefficient (Wildman–Crippen LogP) is 3.48. The molecule has 0 aliphatic rings. The van der Waals surface area contributed by atoms with E-state index >= 15 is 0 Å². The highest BCUT2D eigenvalue weighted by Gasteiger charge is 2.22. The maximum atomic E-state index is 12.1. The molecule has 0 spiro atoms. The van der Waals surface area contributed by atoms with Gasteiger partial charge in [0.2, 0.25) is 0 Å². The van der Waals surface area contributed by atoms with E-state index in [1.165, 1.54) is 37.3 Å². The van der Waals surface area contributed by atoms with Crippen LogP contribution in [-0.4, -0.2) is 27.9 Å². The molecule has 0 unspecified atom stereocenters. The van der Waals surface area contributed by atoms with Gasteiger partial charge >= 0.3 is 5.97 Å². The van der Waals surface area contributed by atoms with Gasteiger partial charge in [0.1, 0.15) is 10.8 Å². The van der Waals surface area contributed by atoms with Crippen LogP contribution in [0, 0.1) is 10.1 Å². The van der Waals surface area contributed by atoms with Crippen molar-refractivity contribution in [2.24, 2.45) is 0 Å². The SMILES string of the molecule is C[C@@H](OC(=O)c1cnc(Cl)c(Cl)c1)C(=O)Nc1ccccc1[N+](=O)[O-]. The van der Waals surface area contributed by atoms with E-state index < -0.39 is 22.9 Å². The number of anilines is 1. The summed E-state index contributed by atoms with van der Waals surface area (Å²) in [6, 6.07) is 6.86. The number of hydrogen-bond acceptors (Lipinski definition) is 6. The van der Waals surface area contributed by atoms with Crippen molar-refractivity contribution in [2.75, 3.05) is 5.32 Å². The fourth-order valence-corrected chi connectivity index (χ4v) is 2.06. The van der Waals surface area contributed by atoms with Gasteiger partial charge in [0.15, 0.2) is 6.10 Å². The quantitative estimate of drug-likeness (QED) is 0.366. The zero-order valence-electron chi connectivity index (χ0n) is 12.7. The van der Waals surface area contributed by atoms with E-state index in [9.17, 15) is 19.7 Å². The summed E-state index contributed by atoms with van der Waals surface area (Å²) in [5, 5.41) is 13.4. The van der Waals surface area contributed by atoms with Gasteiger partial charge < -0.3 is 10.1 Å². The summed E-state index contributed by atoms with van der Waals surface area (Å²) in [5.74, 6) is -1.56. The first-order valence-corrected chi connectivity index (χ1v) is 7.61. The Balaban J connectivity index is 2.06. The molecular weight excluding hydrogens is 373 g/mol. The number of nitrogens with zero attached hydrogens (tertiary/aromatic N) is 2. The van der Waals surface area contributed by atoms with Crippen LogP contribution in [0.1, 0.15) is 17.3 Å². The number of aromatic nitrogens is 1. The van der Waals surface area contributed by atoms with Gasteiger partial charge in [-0.15, -0.1) is 0 Å². The van der Waals surface area contributed by atoms with Crippen molar-refractivity contribution in [2.45, 2.75) is 13.0 Å². The van der Waals surface area contributed by atoms with Crippen molar-refractivity contribution in [3.63, 3.8) is 0 Å². The van der Waals surface area contributed by atoms with E-state index in [1.807, 2.05) is 0 Å². The molecular formula is C15H11Cl2N3O5. The van der Waals surface area contributed by atoms with Crippen molar-refractivity contribution in [1.29, 1.82) is 0 Å². The first-order valence-electron chi connectivity index (χ1n) is 6.86. The van der Waals surface area contributed by atoms with E-state index in [2.05, 4.69) is 10.3 Å². The summed E-state index contributed by atoms with van der Waals surface area (Å²) in [6.45, 7) is 1.33. The Kier molecular flexibility index (Phi) is 5.89. The van der Waals surface area contributed by atoms with Crippen LogP contribution in [0.25, 0.3) is 0 Å². The molecule has 1 atom stereocenters. The van der Waals surface area contributed by atoms with Crippen molar-refractivity contribution in [3.05, 3.63) is 62.4 Å². The normalized spacial score (nSPS) is 11.5. The van der Waals surface area contributed by atoms with Crippen LogP contribution in [0.3, 0.4) is 0 Å². The Labute approximate surface area is 151 Å². The smallest absolute Gasteiger partial charge is 0.340 e. The topological polar surface area (TPSA) is 111 Å². The van der Waals surface area contributed by atoms with Crippen LogP contribution in [-0.2, 0) is 9.53 Å². The number of hydrogen-bond donors (Lipinski definition) is 1.